The Labute approximate surface area is 111 Å². The van der Waals surface area contributed by atoms with Crippen molar-refractivity contribution in [2.24, 2.45) is 0 Å². The summed E-state index contributed by atoms with van der Waals surface area (Å²) in [4.78, 5) is 4.14. The summed E-state index contributed by atoms with van der Waals surface area (Å²) < 4.78 is 10.4. The van der Waals surface area contributed by atoms with Gasteiger partial charge in [-0.05, 0) is 24.3 Å². The SMILES string of the molecule is COc1ccc(OC)c(Nc2ccc(N)c(N)n2)c1. The van der Waals surface area contributed by atoms with Crippen LogP contribution in [0.4, 0.5) is 23.0 Å². The molecule has 6 heteroatoms. The number of nitrogen functional groups attached to an aromatic ring is 2. The fourth-order valence-corrected chi connectivity index (χ4v) is 1.61. The van der Waals surface area contributed by atoms with Crippen molar-refractivity contribution in [1.29, 1.82) is 0 Å². The van der Waals surface area contributed by atoms with Gasteiger partial charge in [0, 0.05) is 6.07 Å². The van der Waals surface area contributed by atoms with Crippen LogP contribution in [0.2, 0.25) is 0 Å². The molecule has 1 aromatic heterocycles. The van der Waals surface area contributed by atoms with Crippen LogP contribution in [0.15, 0.2) is 30.3 Å². The number of anilines is 4. The lowest BCUT2D eigenvalue weighted by Gasteiger charge is -2.12. The second kappa shape index (κ2) is 5.34. The third-order valence-corrected chi connectivity index (χ3v) is 2.63. The minimum absolute atomic E-state index is 0.284. The van der Waals surface area contributed by atoms with Crippen molar-refractivity contribution < 1.29 is 9.47 Å². The van der Waals surface area contributed by atoms with Crippen LogP contribution in [0.1, 0.15) is 0 Å². The Morgan fingerprint density at radius 1 is 1.05 bits per heavy atom. The maximum atomic E-state index is 5.67. The number of nitrogens with zero attached hydrogens (tertiary/aromatic N) is 1. The number of hydrogen-bond donors (Lipinski definition) is 3. The van der Waals surface area contributed by atoms with Gasteiger partial charge in [0.15, 0.2) is 0 Å². The number of pyridine rings is 1. The van der Waals surface area contributed by atoms with Gasteiger partial charge < -0.3 is 26.3 Å². The number of benzene rings is 1. The zero-order valence-corrected chi connectivity index (χ0v) is 10.8. The Bertz CT molecular complexity index is 587. The average Bonchev–Trinajstić information content (AvgIpc) is 2.43. The van der Waals surface area contributed by atoms with E-state index in [4.69, 9.17) is 20.9 Å². The highest BCUT2D eigenvalue weighted by Crippen LogP contribution is 2.31. The van der Waals surface area contributed by atoms with Crippen molar-refractivity contribution in [2.75, 3.05) is 31.0 Å². The molecule has 2 rings (SSSR count). The second-order valence-electron chi connectivity index (χ2n) is 3.86. The van der Waals surface area contributed by atoms with E-state index in [1.807, 2.05) is 18.2 Å². The van der Waals surface area contributed by atoms with Gasteiger partial charge in [-0.2, -0.15) is 0 Å². The van der Waals surface area contributed by atoms with E-state index < -0.39 is 0 Å². The normalized spacial score (nSPS) is 10.0. The summed E-state index contributed by atoms with van der Waals surface area (Å²) in [6.07, 6.45) is 0. The predicted octanol–water partition coefficient (Wildman–Crippen LogP) is 2.01. The molecule has 1 aromatic carbocycles. The van der Waals surface area contributed by atoms with Crippen molar-refractivity contribution in [3.05, 3.63) is 30.3 Å². The summed E-state index contributed by atoms with van der Waals surface area (Å²) in [5.41, 5.74) is 12.5. The van der Waals surface area contributed by atoms with Gasteiger partial charge in [-0.3, -0.25) is 0 Å². The van der Waals surface area contributed by atoms with E-state index in [1.54, 1.807) is 26.4 Å². The first-order chi connectivity index (χ1) is 9.13. The van der Waals surface area contributed by atoms with E-state index in [2.05, 4.69) is 10.3 Å². The summed E-state index contributed by atoms with van der Waals surface area (Å²) in [7, 11) is 3.20. The summed E-state index contributed by atoms with van der Waals surface area (Å²) in [6.45, 7) is 0. The first kappa shape index (κ1) is 12.8. The molecule has 0 atom stereocenters. The highest BCUT2D eigenvalue weighted by atomic mass is 16.5. The van der Waals surface area contributed by atoms with Crippen molar-refractivity contribution in [2.45, 2.75) is 0 Å². The number of methoxy groups -OCH3 is 2. The van der Waals surface area contributed by atoms with Crippen LogP contribution in [0.3, 0.4) is 0 Å². The van der Waals surface area contributed by atoms with Gasteiger partial charge >= 0.3 is 0 Å². The topological polar surface area (TPSA) is 95.4 Å². The van der Waals surface area contributed by atoms with Crippen LogP contribution in [-0.4, -0.2) is 19.2 Å². The van der Waals surface area contributed by atoms with Crippen LogP contribution >= 0.6 is 0 Å². The van der Waals surface area contributed by atoms with Crippen LogP contribution in [0, 0.1) is 0 Å². The Morgan fingerprint density at radius 3 is 2.47 bits per heavy atom. The molecule has 6 nitrogen and oxygen atoms in total. The van der Waals surface area contributed by atoms with Crippen LogP contribution < -0.4 is 26.3 Å². The third kappa shape index (κ3) is 2.79. The Kier molecular flexibility index (Phi) is 3.61. The number of aromatic nitrogens is 1. The standard InChI is InChI=1S/C13H16N4O2/c1-18-8-3-5-11(19-2)10(7-8)16-12-6-4-9(14)13(15)17-12/h3-7H,14H2,1-2H3,(H3,15,16,17). The van der Waals surface area contributed by atoms with Gasteiger partial charge in [-0.25, -0.2) is 4.98 Å². The highest BCUT2D eigenvalue weighted by molar-refractivity contribution is 5.69. The quantitative estimate of drug-likeness (QED) is 0.778. The van der Waals surface area contributed by atoms with Gasteiger partial charge in [-0.15, -0.1) is 0 Å². The second-order valence-corrected chi connectivity index (χ2v) is 3.86. The molecule has 1 heterocycles. The zero-order valence-electron chi connectivity index (χ0n) is 10.8. The lowest BCUT2D eigenvalue weighted by molar-refractivity contribution is 0.405. The summed E-state index contributed by atoms with van der Waals surface area (Å²) in [6, 6.07) is 8.87. The van der Waals surface area contributed by atoms with Gasteiger partial charge in [-0.1, -0.05) is 0 Å². The van der Waals surface area contributed by atoms with E-state index in [0.717, 1.165) is 5.69 Å². The fourth-order valence-electron chi connectivity index (χ4n) is 1.61. The molecule has 0 spiro atoms. The van der Waals surface area contributed by atoms with Gasteiger partial charge in [0.05, 0.1) is 25.6 Å². The number of rotatable bonds is 4. The molecule has 0 amide bonds. The average molecular weight is 260 g/mol. The maximum absolute atomic E-state index is 5.67. The van der Waals surface area contributed by atoms with Gasteiger partial charge in [0.1, 0.15) is 23.1 Å². The minimum Gasteiger partial charge on any atom is -0.497 e. The van der Waals surface area contributed by atoms with Crippen molar-refractivity contribution in [1.82, 2.24) is 4.98 Å². The molecule has 0 aliphatic carbocycles. The van der Waals surface area contributed by atoms with E-state index in [1.165, 1.54) is 0 Å². The predicted molar refractivity (Wildman–Crippen MR) is 75.9 cm³/mol. The van der Waals surface area contributed by atoms with Crippen molar-refractivity contribution in [3.63, 3.8) is 0 Å². The van der Waals surface area contributed by atoms with Crippen molar-refractivity contribution in [3.8, 4) is 11.5 Å². The number of nitrogens with two attached hydrogens (primary N) is 2. The lowest BCUT2D eigenvalue weighted by Crippen LogP contribution is -2.02. The van der Waals surface area contributed by atoms with Crippen molar-refractivity contribution >= 4 is 23.0 Å². The zero-order chi connectivity index (χ0) is 13.8. The number of nitrogens with one attached hydrogen (secondary N) is 1. The van der Waals surface area contributed by atoms with Crippen LogP contribution in [-0.2, 0) is 0 Å². The largest absolute Gasteiger partial charge is 0.497 e. The smallest absolute Gasteiger partial charge is 0.149 e. The van der Waals surface area contributed by atoms with Gasteiger partial charge in [0.2, 0.25) is 0 Å². The molecule has 0 bridgehead atoms. The molecule has 0 saturated heterocycles. The molecule has 100 valence electrons. The monoisotopic (exact) mass is 260 g/mol. The summed E-state index contributed by atoms with van der Waals surface area (Å²) >= 11 is 0. The molecule has 0 aliphatic heterocycles. The van der Waals surface area contributed by atoms with Gasteiger partial charge in [0.25, 0.3) is 0 Å². The number of ether oxygens (including phenoxy) is 2. The fraction of sp³-hybridized carbons (Fsp3) is 0.154. The Hall–Kier alpha value is -2.63. The first-order valence-corrected chi connectivity index (χ1v) is 5.65. The summed E-state index contributed by atoms with van der Waals surface area (Å²) in [5, 5.41) is 3.11. The number of hydrogen-bond acceptors (Lipinski definition) is 6. The molecule has 0 fully saturated rings. The maximum Gasteiger partial charge on any atom is 0.149 e. The molecule has 0 aliphatic rings. The molecule has 2 aromatic rings. The summed E-state index contributed by atoms with van der Waals surface area (Å²) in [5.74, 6) is 2.26. The highest BCUT2D eigenvalue weighted by Gasteiger charge is 2.07. The molecule has 5 N–H and O–H groups in total. The van der Waals surface area contributed by atoms with E-state index in [-0.39, 0.29) is 5.82 Å². The lowest BCUT2D eigenvalue weighted by atomic mass is 10.2. The molecule has 0 unspecified atom stereocenters. The van der Waals surface area contributed by atoms with Crippen LogP contribution in [0.5, 0.6) is 11.5 Å². The molecular formula is C13H16N4O2. The molecule has 19 heavy (non-hydrogen) atoms. The van der Waals surface area contributed by atoms with E-state index >= 15 is 0 Å². The third-order valence-electron chi connectivity index (χ3n) is 2.63. The van der Waals surface area contributed by atoms with Crippen LogP contribution in [0.25, 0.3) is 0 Å². The minimum atomic E-state index is 0.284. The molecular weight excluding hydrogens is 244 g/mol. The molecule has 0 radical (unpaired) electrons. The Balaban J connectivity index is 2.33. The van der Waals surface area contributed by atoms with E-state index in [9.17, 15) is 0 Å². The molecule has 0 saturated carbocycles. The Morgan fingerprint density at radius 2 is 1.84 bits per heavy atom. The van der Waals surface area contributed by atoms with E-state index in [0.29, 0.717) is 23.0 Å². The first-order valence-electron chi connectivity index (χ1n) is 5.65.